The highest BCUT2D eigenvalue weighted by Gasteiger charge is 2.27. The van der Waals surface area contributed by atoms with Gasteiger partial charge in [0.15, 0.2) is 0 Å². The first-order valence-corrected chi connectivity index (χ1v) is 8.57. The second-order valence-electron chi connectivity index (χ2n) is 7.58. The van der Waals surface area contributed by atoms with Crippen LogP contribution in [0.2, 0.25) is 0 Å². The fourth-order valence-corrected chi connectivity index (χ4v) is 3.24. The summed E-state index contributed by atoms with van der Waals surface area (Å²) in [6.07, 6.45) is 1.49. The zero-order valence-corrected chi connectivity index (χ0v) is 14.8. The quantitative estimate of drug-likeness (QED) is 0.863. The van der Waals surface area contributed by atoms with Crippen molar-refractivity contribution < 1.29 is 19.4 Å². The number of amides is 1. The molecule has 2 heterocycles. The van der Waals surface area contributed by atoms with Gasteiger partial charge in [0.1, 0.15) is 11.3 Å². The van der Waals surface area contributed by atoms with E-state index in [0.717, 1.165) is 23.7 Å². The molecule has 6 nitrogen and oxygen atoms in total. The van der Waals surface area contributed by atoms with Crippen LogP contribution in [0.15, 0.2) is 24.3 Å². The third kappa shape index (κ3) is 3.95. The summed E-state index contributed by atoms with van der Waals surface area (Å²) in [7, 11) is 0. The molecule has 1 aliphatic rings. The van der Waals surface area contributed by atoms with Crippen molar-refractivity contribution in [2.24, 2.45) is 0 Å². The van der Waals surface area contributed by atoms with Crippen molar-refractivity contribution in [1.29, 1.82) is 0 Å². The monoisotopic (exact) mass is 344 g/mol. The van der Waals surface area contributed by atoms with E-state index in [2.05, 4.69) is 11.1 Å². The van der Waals surface area contributed by atoms with Gasteiger partial charge in [0.05, 0.1) is 0 Å². The van der Waals surface area contributed by atoms with Gasteiger partial charge in [0.25, 0.3) is 0 Å². The molecule has 1 saturated heterocycles. The van der Waals surface area contributed by atoms with Crippen LogP contribution < -0.4 is 0 Å². The number of ether oxygens (including phenoxy) is 1. The van der Waals surface area contributed by atoms with Gasteiger partial charge in [-0.05, 0) is 57.2 Å². The third-order valence-electron chi connectivity index (χ3n) is 4.49. The van der Waals surface area contributed by atoms with E-state index >= 15 is 0 Å². The third-order valence-corrected chi connectivity index (χ3v) is 4.49. The first-order chi connectivity index (χ1) is 11.7. The topological polar surface area (TPSA) is 82.6 Å². The molecule has 2 N–H and O–H groups in total. The second kappa shape index (κ2) is 6.43. The number of carbonyl (C=O) groups is 2. The number of carboxylic acids is 1. The number of nitrogens with zero attached hydrogens (tertiary/aromatic N) is 1. The summed E-state index contributed by atoms with van der Waals surface area (Å²) in [5, 5.41) is 9.98. The lowest BCUT2D eigenvalue weighted by atomic mass is 9.89. The van der Waals surface area contributed by atoms with Gasteiger partial charge in [0, 0.05) is 24.0 Å². The standard InChI is InChI=1S/C19H24N2O4/c1-19(2,3)25-18(24)21-8-6-12(7-9-21)13-4-5-14-11-16(17(22)23)20-15(14)10-13/h4-5,10-12,20H,6-9H2,1-3H3,(H,22,23). The lowest BCUT2D eigenvalue weighted by Crippen LogP contribution is -2.41. The van der Waals surface area contributed by atoms with Crippen LogP contribution in [0.3, 0.4) is 0 Å². The van der Waals surface area contributed by atoms with Gasteiger partial charge in [-0.3, -0.25) is 0 Å². The number of carbonyl (C=O) groups excluding carboxylic acids is 1. The number of aromatic nitrogens is 1. The highest BCUT2D eigenvalue weighted by Crippen LogP contribution is 2.31. The van der Waals surface area contributed by atoms with Crippen LogP contribution in [0, 0.1) is 0 Å². The Bertz CT molecular complexity index is 795. The molecule has 1 aromatic heterocycles. The summed E-state index contributed by atoms with van der Waals surface area (Å²) in [4.78, 5) is 27.9. The molecule has 1 fully saturated rings. The smallest absolute Gasteiger partial charge is 0.410 e. The van der Waals surface area contributed by atoms with Crippen molar-refractivity contribution in [2.45, 2.75) is 45.1 Å². The van der Waals surface area contributed by atoms with Gasteiger partial charge in [-0.1, -0.05) is 12.1 Å². The molecule has 0 unspecified atom stereocenters. The second-order valence-corrected chi connectivity index (χ2v) is 7.58. The molecule has 0 bridgehead atoms. The number of aromatic amines is 1. The number of benzene rings is 1. The molecule has 1 aliphatic heterocycles. The number of carboxylic acid groups (broad SMARTS) is 1. The number of hydrogen-bond acceptors (Lipinski definition) is 3. The Balaban J connectivity index is 1.67. The number of nitrogens with one attached hydrogen (secondary N) is 1. The van der Waals surface area contributed by atoms with Crippen molar-refractivity contribution >= 4 is 23.0 Å². The van der Waals surface area contributed by atoms with E-state index in [4.69, 9.17) is 9.84 Å². The largest absolute Gasteiger partial charge is 0.477 e. The van der Waals surface area contributed by atoms with Gasteiger partial charge in [-0.2, -0.15) is 0 Å². The predicted octanol–water partition coefficient (Wildman–Crippen LogP) is 3.98. The number of aromatic carboxylic acids is 1. The highest BCUT2D eigenvalue weighted by molar-refractivity contribution is 5.93. The Kier molecular flexibility index (Phi) is 4.45. The normalized spacial score (nSPS) is 16.2. The van der Waals surface area contributed by atoms with E-state index in [9.17, 15) is 9.59 Å². The molecule has 0 atom stereocenters. The molecule has 2 aromatic rings. The van der Waals surface area contributed by atoms with Crippen molar-refractivity contribution in [3.63, 3.8) is 0 Å². The molecule has 1 amide bonds. The minimum Gasteiger partial charge on any atom is -0.477 e. The van der Waals surface area contributed by atoms with E-state index in [1.54, 1.807) is 11.0 Å². The molecule has 6 heteroatoms. The Labute approximate surface area is 146 Å². The lowest BCUT2D eigenvalue weighted by Gasteiger charge is -2.33. The molecule has 0 saturated carbocycles. The Morgan fingerprint density at radius 2 is 1.88 bits per heavy atom. The van der Waals surface area contributed by atoms with Crippen molar-refractivity contribution in [2.75, 3.05) is 13.1 Å². The van der Waals surface area contributed by atoms with E-state index in [-0.39, 0.29) is 11.8 Å². The SMILES string of the molecule is CC(C)(C)OC(=O)N1CCC(c2ccc3cc(C(=O)O)[nH]c3c2)CC1. The summed E-state index contributed by atoms with van der Waals surface area (Å²) < 4.78 is 5.43. The first-order valence-electron chi connectivity index (χ1n) is 8.57. The summed E-state index contributed by atoms with van der Waals surface area (Å²) in [5.74, 6) is -0.594. The van der Waals surface area contributed by atoms with Crippen LogP contribution >= 0.6 is 0 Å². The van der Waals surface area contributed by atoms with Gasteiger partial charge in [-0.15, -0.1) is 0 Å². The number of H-pyrrole nitrogens is 1. The lowest BCUT2D eigenvalue weighted by molar-refractivity contribution is 0.0204. The molecule has 3 rings (SSSR count). The molecular weight excluding hydrogens is 320 g/mol. The molecule has 0 radical (unpaired) electrons. The Hall–Kier alpha value is -2.50. The van der Waals surface area contributed by atoms with Crippen molar-refractivity contribution in [1.82, 2.24) is 9.88 Å². The number of fused-ring (bicyclic) bond motifs is 1. The highest BCUT2D eigenvalue weighted by atomic mass is 16.6. The van der Waals surface area contributed by atoms with Crippen LogP contribution in [-0.4, -0.2) is 45.7 Å². The summed E-state index contributed by atoms with van der Waals surface area (Å²) in [6, 6.07) is 7.67. The fraction of sp³-hybridized carbons (Fsp3) is 0.474. The fourth-order valence-electron chi connectivity index (χ4n) is 3.24. The number of hydrogen-bond donors (Lipinski definition) is 2. The van der Waals surface area contributed by atoms with Crippen molar-refractivity contribution in [3.8, 4) is 0 Å². The average Bonchev–Trinajstić information content (AvgIpc) is 2.97. The molecular formula is C19H24N2O4. The van der Waals surface area contributed by atoms with Gasteiger partial charge < -0.3 is 19.7 Å². The number of rotatable bonds is 2. The predicted molar refractivity (Wildman–Crippen MR) is 95.0 cm³/mol. The maximum Gasteiger partial charge on any atom is 0.410 e. The van der Waals surface area contributed by atoms with E-state index in [0.29, 0.717) is 19.0 Å². The van der Waals surface area contributed by atoms with Gasteiger partial charge >= 0.3 is 12.1 Å². The maximum absolute atomic E-state index is 12.1. The maximum atomic E-state index is 12.1. The number of likely N-dealkylation sites (tertiary alicyclic amines) is 1. The minimum absolute atomic E-state index is 0.201. The van der Waals surface area contributed by atoms with E-state index < -0.39 is 11.6 Å². The molecule has 1 aromatic carbocycles. The zero-order valence-electron chi connectivity index (χ0n) is 14.8. The zero-order chi connectivity index (χ0) is 18.2. The van der Waals surface area contributed by atoms with Crippen LogP contribution in [0.4, 0.5) is 4.79 Å². The summed E-state index contributed by atoms with van der Waals surface area (Å²) >= 11 is 0. The van der Waals surface area contributed by atoms with Crippen molar-refractivity contribution in [3.05, 3.63) is 35.5 Å². The van der Waals surface area contributed by atoms with Crippen LogP contribution in [-0.2, 0) is 4.74 Å². The number of piperidine rings is 1. The van der Waals surface area contributed by atoms with Crippen LogP contribution in [0.1, 0.15) is 55.6 Å². The summed E-state index contributed by atoms with van der Waals surface area (Å²) in [6.45, 7) is 6.95. The van der Waals surface area contributed by atoms with Crippen LogP contribution in [0.25, 0.3) is 10.9 Å². The average molecular weight is 344 g/mol. The van der Waals surface area contributed by atoms with E-state index in [1.807, 2.05) is 32.9 Å². The first kappa shape index (κ1) is 17.3. The van der Waals surface area contributed by atoms with Crippen LogP contribution in [0.5, 0.6) is 0 Å². The molecule has 134 valence electrons. The summed E-state index contributed by atoms with van der Waals surface area (Å²) in [5.41, 5.74) is 1.74. The minimum atomic E-state index is -0.955. The van der Waals surface area contributed by atoms with Gasteiger partial charge in [0.2, 0.25) is 0 Å². The van der Waals surface area contributed by atoms with E-state index in [1.165, 1.54) is 5.56 Å². The molecule has 0 aliphatic carbocycles. The Morgan fingerprint density at radius 1 is 1.20 bits per heavy atom. The Morgan fingerprint density at radius 3 is 2.48 bits per heavy atom. The molecule has 0 spiro atoms. The molecule has 25 heavy (non-hydrogen) atoms. The van der Waals surface area contributed by atoms with Gasteiger partial charge in [-0.25, -0.2) is 9.59 Å².